The number of methoxy groups -OCH3 is 1. The first-order valence-corrected chi connectivity index (χ1v) is 8.37. The highest BCUT2D eigenvalue weighted by atomic mass is 16.5. The second-order valence-corrected chi connectivity index (χ2v) is 6.01. The molecule has 0 aliphatic heterocycles. The molecule has 0 aliphatic rings. The number of benzene rings is 2. The lowest BCUT2D eigenvalue weighted by molar-refractivity contribution is 0.0602. The molecule has 0 atom stereocenters. The summed E-state index contributed by atoms with van der Waals surface area (Å²) >= 11 is 0. The highest BCUT2D eigenvalue weighted by molar-refractivity contribution is 6.03. The summed E-state index contributed by atoms with van der Waals surface area (Å²) in [6.07, 6.45) is 0. The van der Waals surface area contributed by atoms with Crippen molar-refractivity contribution in [3.05, 3.63) is 70.3 Å². The summed E-state index contributed by atoms with van der Waals surface area (Å²) in [6.45, 7) is 1.72. The number of hydrogen-bond acceptors (Lipinski definition) is 7. The van der Waals surface area contributed by atoms with Crippen LogP contribution in [0, 0.1) is 6.92 Å². The van der Waals surface area contributed by atoms with Crippen molar-refractivity contribution < 1.29 is 18.8 Å². The molecule has 0 saturated carbocycles. The number of carbonyl (C=O) groups excluding carboxylic acids is 1. The second kappa shape index (κ2) is 6.99. The molecule has 0 fully saturated rings. The van der Waals surface area contributed by atoms with Crippen LogP contribution >= 0.6 is 0 Å². The van der Waals surface area contributed by atoms with Crippen LogP contribution in [0.1, 0.15) is 16.2 Å². The Hall–Kier alpha value is -3.94. The zero-order valence-corrected chi connectivity index (χ0v) is 15.1. The maximum atomic E-state index is 11.9. The van der Waals surface area contributed by atoms with E-state index in [2.05, 4.69) is 15.1 Å². The second-order valence-electron chi connectivity index (χ2n) is 6.01. The Morgan fingerprint density at radius 1 is 1.11 bits per heavy atom. The van der Waals surface area contributed by atoms with E-state index in [4.69, 9.17) is 14.0 Å². The zero-order chi connectivity index (χ0) is 19.7. The summed E-state index contributed by atoms with van der Waals surface area (Å²) in [5.74, 6) is 1.42. The Kier molecular flexibility index (Phi) is 4.36. The fraction of sp³-hybridized carbons (Fsp3) is 0.100. The predicted molar refractivity (Wildman–Crippen MR) is 100 cm³/mol. The van der Waals surface area contributed by atoms with Gasteiger partial charge in [-0.2, -0.15) is 4.98 Å². The Morgan fingerprint density at radius 3 is 2.68 bits per heavy atom. The van der Waals surface area contributed by atoms with Gasteiger partial charge in [0.2, 0.25) is 17.3 Å². The number of fused-ring (bicyclic) bond motifs is 1. The number of esters is 1. The number of aromatic amines is 1. The number of nitrogens with one attached hydrogen (secondary N) is 1. The summed E-state index contributed by atoms with van der Waals surface area (Å²) in [5.41, 5.74) is 1.01. The molecule has 4 rings (SSSR count). The van der Waals surface area contributed by atoms with Gasteiger partial charge in [-0.25, -0.2) is 4.79 Å². The van der Waals surface area contributed by atoms with Crippen LogP contribution in [-0.2, 0) is 4.74 Å². The van der Waals surface area contributed by atoms with E-state index < -0.39 is 11.5 Å². The maximum Gasteiger partial charge on any atom is 0.338 e. The Labute approximate surface area is 158 Å². The number of nitrogens with zero attached hydrogens (tertiary/aromatic N) is 2. The van der Waals surface area contributed by atoms with Crippen LogP contribution in [0.5, 0.6) is 11.5 Å². The number of rotatable bonds is 4. The van der Waals surface area contributed by atoms with Gasteiger partial charge in [-0.3, -0.25) is 4.79 Å². The lowest BCUT2D eigenvalue weighted by atomic mass is 10.1. The first-order chi connectivity index (χ1) is 13.5. The van der Waals surface area contributed by atoms with Crippen molar-refractivity contribution in [1.82, 2.24) is 15.1 Å². The largest absolute Gasteiger partial charge is 0.465 e. The van der Waals surface area contributed by atoms with E-state index in [9.17, 15) is 9.59 Å². The maximum absolute atomic E-state index is 11.9. The van der Waals surface area contributed by atoms with Crippen molar-refractivity contribution in [3.63, 3.8) is 0 Å². The van der Waals surface area contributed by atoms with Crippen LogP contribution in [0.2, 0.25) is 0 Å². The molecule has 0 aliphatic carbocycles. The van der Waals surface area contributed by atoms with Crippen LogP contribution < -0.4 is 10.3 Å². The van der Waals surface area contributed by atoms with Crippen molar-refractivity contribution >= 4 is 16.9 Å². The molecule has 8 nitrogen and oxygen atoms in total. The van der Waals surface area contributed by atoms with Crippen molar-refractivity contribution in [3.8, 4) is 22.9 Å². The van der Waals surface area contributed by atoms with Gasteiger partial charge in [0.25, 0.3) is 0 Å². The molecule has 0 bridgehead atoms. The molecule has 2 heterocycles. The molecule has 0 saturated heterocycles. The van der Waals surface area contributed by atoms with E-state index in [1.807, 2.05) is 12.1 Å². The SMILES string of the molecule is COC(=O)c1cc(=O)[nH]c2cc(Oc3cccc(-c4noc(C)n4)c3)ccc12. The van der Waals surface area contributed by atoms with Crippen LogP contribution in [0.3, 0.4) is 0 Å². The standard InChI is InChI=1S/C20H15N3O5/c1-11-21-19(23-28-11)12-4-3-5-13(8-12)27-14-6-7-15-16(20(25)26-2)10-18(24)22-17(15)9-14/h3-10H,1-2H3,(H,22,24). The summed E-state index contributed by atoms with van der Waals surface area (Å²) in [6, 6.07) is 13.5. The lowest BCUT2D eigenvalue weighted by Gasteiger charge is -2.09. The number of carbonyl (C=O) groups is 1. The summed E-state index contributed by atoms with van der Waals surface area (Å²) in [5, 5.41) is 4.46. The van der Waals surface area contributed by atoms with Crippen molar-refractivity contribution in [2.45, 2.75) is 6.92 Å². The average Bonchev–Trinajstić information content (AvgIpc) is 3.13. The summed E-state index contributed by atoms with van der Waals surface area (Å²) in [4.78, 5) is 30.7. The molecule has 0 unspecified atom stereocenters. The smallest absolute Gasteiger partial charge is 0.338 e. The topological polar surface area (TPSA) is 107 Å². The van der Waals surface area contributed by atoms with Gasteiger partial charge in [0.05, 0.1) is 18.2 Å². The average molecular weight is 377 g/mol. The molecule has 1 N–H and O–H groups in total. The normalized spacial score (nSPS) is 10.8. The number of aryl methyl sites for hydroxylation is 1. The molecule has 0 radical (unpaired) electrons. The minimum absolute atomic E-state index is 0.197. The van der Waals surface area contributed by atoms with E-state index in [-0.39, 0.29) is 5.56 Å². The summed E-state index contributed by atoms with van der Waals surface area (Å²) < 4.78 is 15.6. The van der Waals surface area contributed by atoms with E-state index in [0.717, 1.165) is 5.56 Å². The van der Waals surface area contributed by atoms with E-state index in [1.54, 1.807) is 37.3 Å². The third-order valence-corrected chi connectivity index (χ3v) is 4.08. The Balaban J connectivity index is 1.69. The minimum atomic E-state index is -0.576. The lowest BCUT2D eigenvalue weighted by Crippen LogP contribution is -2.11. The molecule has 2 aromatic carbocycles. The van der Waals surface area contributed by atoms with Crippen LogP contribution in [-0.4, -0.2) is 28.2 Å². The fourth-order valence-corrected chi connectivity index (χ4v) is 2.83. The quantitative estimate of drug-likeness (QED) is 0.543. The molecule has 0 amide bonds. The Morgan fingerprint density at radius 2 is 1.93 bits per heavy atom. The predicted octanol–water partition coefficient (Wildman–Crippen LogP) is 3.47. The van der Waals surface area contributed by atoms with Crippen LogP contribution in [0.4, 0.5) is 0 Å². The van der Waals surface area contributed by atoms with Gasteiger partial charge in [0.1, 0.15) is 11.5 Å². The number of H-pyrrole nitrogens is 1. The van der Waals surface area contributed by atoms with Crippen molar-refractivity contribution in [1.29, 1.82) is 0 Å². The highest BCUT2D eigenvalue weighted by Gasteiger charge is 2.13. The molecule has 8 heteroatoms. The number of ether oxygens (including phenoxy) is 2. The highest BCUT2D eigenvalue weighted by Crippen LogP contribution is 2.28. The third kappa shape index (κ3) is 3.35. The van der Waals surface area contributed by atoms with Gasteiger partial charge < -0.3 is 19.0 Å². The van der Waals surface area contributed by atoms with Gasteiger partial charge in [-0.05, 0) is 24.3 Å². The van der Waals surface area contributed by atoms with Crippen LogP contribution in [0.15, 0.2) is 57.8 Å². The number of hydrogen-bond donors (Lipinski definition) is 1. The first-order valence-electron chi connectivity index (χ1n) is 8.37. The van der Waals surface area contributed by atoms with Crippen molar-refractivity contribution in [2.75, 3.05) is 7.11 Å². The minimum Gasteiger partial charge on any atom is -0.465 e. The third-order valence-electron chi connectivity index (χ3n) is 4.08. The zero-order valence-electron chi connectivity index (χ0n) is 15.1. The van der Waals surface area contributed by atoms with Crippen LogP contribution in [0.25, 0.3) is 22.3 Å². The molecular formula is C20H15N3O5. The van der Waals surface area contributed by atoms with Gasteiger partial charge in [0, 0.05) is 30.0 Å². The number of aromatic nitrogens is 3. The molecular weight excluding hydrogens is 362 g/mol. The van der Waals surface area contributed by atoms with Crippen molar-refractivity contribution in [2.24, 2.45) is 0 Å². The van der Waals surface area contributed by atoms with Gasteiger partial charge in [0.15, 0.2) is 0 Å². The molecule has 2 aromatic heterocycles. The summed E-state index contributed by atoms with van der Waals surface area (Å²) in [7, 11) is 1.27. The Bertz CT molecular complexity index is 1240. The van der Waals surface area contributed by atoms with E-state index in [1.165, 1.54) is 13.2 Å². The molecule has 140 valence electrons. The molecule has 28 heavy (non-hydrogen) atoms. The van der Waals surface area contributed by atoms with E-state index >= 15 is 0 Å². The molecule has 4 aromatic rings. The van der Waals surface area contributed by atoms with E-state index in [0.29, 0.717) is 34.1 Å². The first kappa shape index (κ1) is 17.5. The van der Waals surface area contributed by atoms with Gasteiger partial charge in [-0.1, -0.05) is 17.3 Å². The number of pyridine rings is 1. The fourth-order valence-electron chi connectivity index (χ4n) is 2.83. The van der Waals surface area contributed by atoms with Gasteiger partial charge >= 0.3 is 5.97 Å². The van der Waals surface area contributed by atoms with Gasteiger partial charge in [-0.15, -0.1) is 0 Å². The monoisotopic (exact) mass is 377 g/mol. The molecule has 0 spiro atoms.